The molecule has 0 heterocycles. The first-order chi connectivity index (χ1) is 9.17. The predicted octanol–water partition coefficient (Wildman–Crippen LogP) is 1.54. The quantitative estimate of drug-likeness (QED) is 0.753. The molecule has 2 N–H and O–H groups in total. The molecule has 4 saturated carbocycles. The zero-order valence-electron chi connectivity index (χ0n) is 11.7. The Labute approximate surface area is 115 Å². The number of hydrogen-bond acceptors (Lipinski definition) is 2. The van der Waals surface area contributed by atoms with Crippen molar-refractivity contribution < 1.29 is 4.79 Å². The van der Waals surface area contributed by atoms with Crippen molar-refractivity contribution >= 4 is 5.91 Å². The fourth-order valence-electron chi connectivity index (χ4n) is 4.75. The highest BCUT2D eigenvalue weighted by molar-refractivity contribution is 5.81. The van der Waals surface area contributed by atoms with Crippen LogP contribution in [0, 0.1) is 36.0 Å². The van der Waals surface area contributed by atoms with Crippen molar-refractivity contribution in [2.45, 2.75) is 51.1 Å². The molecule has 1 unspecified atom stereocenters. The van der Waals surface area contributed by atoms with Crippen LogP contribution in [-0.2, 0) is 4.79 Å². The second kappa shape index (κ2) is 5.17. The number of nitrogens with one attached hydrogen (secondary N) is 2. The molecule has 4 aliphatic carbocycles. The van der Waals surface area contributed by atoms with Crippen molar-refractivity contribution in [2.24, 2.45) is 23.7 Å². The Morgan fingerprint density at radius 2 is 1.79 bits per heavy atom. The van der Waals surface area contributed by atoms with Crippen LogP contribution in [0.1, 0.15) is 39.0 Å². The van der Waals surface area contributed by atoms with Gasteiger partial charge in [-0.05, 0) is 62.7 Å². The van der Waals surface area contributed by atoms with Gasteiger partial charge in [-0.3, -0.25) is 10.1 Å². The summed E-state index contributed by atoms with van der Waals surface area (Å²) in [6.07, 6.45) is 12.0. The molecule has 19 heavy (non-hydrogen) atoms. The standard InChI is InChI=1S/C16H24N2O/c1-3-4-17-10(2)16(19)18-15-13-6-11-5-12(8-13)9-14(15)7-11/h1,10-15,17H,4-9H2,2H3,(H,18,19). The second-order valence-electron chi connectivity index (χ2n) is 6.77. The molecule has 0 aliphatic heterocycles. The molecular formula is C16H24N2O. The van der Waals surface area contributed by atoms with Gasteiger partial charge in [-0.25, -0.2) is 0 Å². The highest BCUT2D eigenvalue weighted by atomic mass is 16.2. The lowest BCUT2D eigenvalue weighted by Gasteiger charge is -2.54. The lowest BCUT2D eigenvalue weighted by molar-refractivity contribution is -0.126. The molecule has 0 saturated heterocycles. The van der Waals surface area contributed by atoms with E-state index < -0.39 is 0 Å². The first-order valence-electron chi connectivity index (χ1n) is 7.64. The monoisotopic (exact) mass is 260 g/mol. The molecule has 4 aliphatic rings. The summed E-state index contributed by atoms with van der Waals surface area (Å²) in [6.45, 7) is 2.35. The van der Waals surface area contributed by atoms with Crippen LogP contribution in [-0.4, -0.2) is 24.5 Å². The van der Waals surface area contributed by atoms with Crippen molar-refractivity contribution in [1.82, 2.24) is 10.6 Å². The Hall–Kier alpha value is -1.01. The van der Waals surface area contributed by atoms with Crippen molar-refractivity contribution in [3.63, 3.8) is 0 Å². The summed E-state index contributed by atoms with van der Waals surface area (Å²) in [5, 5.41) is 6.36. The topological polar surface area (TPSA) is 41.1 Å². The van der Waals surface area contributed by atoms with Gasteiger partial charge in [0.15, 0.2) is 0 Å². The maximum atomic E-state index is 12.2. The van der Waals surface area contributed by atoms with Crippen LogP contribution in [0.25, 0.3) is 0 Å². The summed E-state index contributed by atoms with van der Waals surface area (Å²) >= 11 is 0. The summed E-state index contributed by atoms with van der Waals surface area (Å²) in [6, 6.07) is 0.239. The predicted molar refractivity (Wildman–Crippen MR) is 75.3 cm³/mol. The molecule has 1 atom stereocenters. The van der Waals surface area contributed by atoms with Crippen LogP contribution in [0.3, 0.4) is 0 Å². The molecule has 0 spiro atoms. The van der Waals surface area contributed by atoms with Crippen LogP contribution < -0.4 is 10.6 Å². The van der Waals surface area contributed by atoms with Crippen molar-refractivity contribution in [1.29, 1.82) is 0 Å². The summed E-state index contributed by atoms with van der Waals surface area (Å²) in [5.41, 5.74) is 0. The molecule has 0 aromatic carbocycles. The normalized spacial score (nSPS) is 40.7. The average molecular weight is 260 g/mol. The maximum absolute atomic E-state index is 12.2. The molecule has 0 radical (unpaired) electrons. The summed E-state index contributed by atoms with van der Waals surface area (Å²) in [5.74, 6) is 6.01. The third-order valence-electron chi connectivity index (χ3n) is 5.44. The summed E-state index contributed by atoms with van der Waals surface area (Å²) < 4.78 is 0. The maximum Gasteiger partial charge on any atom is 0.237 e. The van der Waals surface area contributed by atoms with E-state index in [0.29, 0.717) is 12.6 Å². The van der Waals surface area contributed by atoms with E-state index in [1.807, 2.05) is 6.92 Å². The molecule has 3 nitrogen and oxygen atoms in total. The lowest BCUT2D eigenvalue weighted by atomic mass is 9.54. The molecular weight excluding hydrogens is 236 g/mol. The van der Waals surface area contributed by atoms with Crippen molar-refractivity contribution in [2.75, 3.05) is 6.54 Å². The average Bonchev–Trinajstić information content (AvgIpc) is 2.39. The largest absolute Gasteiger partial charge is 0.351 e. The molecule has 4 fully saturated rings. The molecule has 4 rings (SSSR count). The van der Waals surface area contributed by atoms with Crippen LogP contribution in [0.4, 0.5) is 0 Å². The van der Waals surface area contributed by atoms with E-state index in [1.54, 1.807) is 0 Å². The Morgan fingerprint density at radius 3 is 2.32 bits per heavy atom. The summed E-state index contributed by atoms with van der Waals surface area (Å²) in [4.78, 5) is 12.2. The van der Waals surface area contributed by atoms with E-state index in [-0.39, 0.29) is 11.9 Å². The SMILES string of the molecule is C#CCNC(C)C(=O)NC1C2CC3CC(C2)CC1C3. The Bertz CT molecular complexity index is 370. The minimum Gasteiger partial charge on any atom is -0.351 e. The minimum atomic E-state index is -0.187. The number of amides is 1. The van der Waals surface area contributed by atoms with E-state index >= 15 is 0 Å². The Balaban J connectivity index is 1.58. The lowest BCUT2D eigenvalue weighted by Crippen LogP contribution is -2.58. The van der Waals surface area contributed by atoms with E-state index in [0.717, 1.165) is 23.7 Å². The van der Waals surface area contributed by atoms with Gasteiger partial charge in [0, 0.05) is 6.04 Å². The van der Waals surface area contributed by atoms with Gasteiger partial charge in [-0.1, -0.05) is 5.92 Å². The Kier molecular flexibility index (Phi) is 3.54. The summed E-state index contributed by atoms with van der Waals surface area (Å²) in [7, 11) is 0. The van der Waals surface area contributed by atoms with Crippen molar-refractivity contribution in [3.8, 4) is 12.3 Å². The van der Waals surface area contributed by atoms with Gasteiger partial charge in [0.25, 0.3) is 0 Å². The number of carbonyl (C=O) groups is 1. The molecule has 1 amide bonds. The molecule has 3 heteroatoms. The van der Waals surface area contributed by atoms with E-state index in [9.17, 15) is 4.79 Å². The van der Waals surface area contributed by atoms with Gasteiger partial charge >= 0.3 is 0 Å². The fourth-order valence-corrected chi connectivity index (χ4v) is 4.75. The Morgan fingerprint density at radius 1 is 1.21 bits per heavy atom. The molecule has 0 aromatic heterocycles. The smallest absolute Gasteiger partial charge is 0.237 e. The number of rotatable bonds is 4. The van der Waals surface area contributed by atoms with Gasteiger partial charge in [0.2, 0.25) is 5.91 Å². The second-order valence-corrected chi connectivity index (χ2v) is 6.77. The van der Waals surface area contributed by atoms with Gasteiger partial charge in [0.1, 0.15) is 0 Å². The van der Waals surface area contributed by atoms with Crippen LogP contribution >= 0.6 is 0 Å². The van der Waals surface area contributed by atoms with Crippen molar-refractivity contribution in [3.05, 3.63) is 0 Å². The van der Waals surface area contributed by atoms with Gasteiger partial charge in [-0.2, -0.15) is 0 Å². The minimum absolute atomic E-state index is 0.118. The number of terminal acetylenes is 1. The van der Waals surface area contributed by atoms with E-state index in [1.165, 1.54) is 32.1 Å². The van der Waals surface area contributed by atoms with E-state index in [2.05, 4.69) is 16.6 Å². The van der Waals surface area contributed by atoms with E-state index in [4.69, 9.17) is 6.42 Å². The highest BCUT2D eigenvalue weighted by Crippen LogP contribution is 2.53. The third kappa shape index (κ3) is 2.51. The molecule has 0 aromatic rings. The van der Waals surface area contributed by atoms with Gasteiger partial charge in [0.05, 0.1) is 12.6 Å². The zero-order valence-corrected chi connectivity index (χ0v) is 11.7. The number of hydrogen-bond donors (Lipinski definition) is 2. The molecule has 104 valence electrons. The van der Waals surface area contributed by atoms with Gasteiger partial charge < -0.3 is 5.32 Å². The fraction of sp³-hybridized carbons (Fsp3) is 0.812. The molecule has 4 bridgehead atoms. The first kappa shape index (κ1) is 13.0. The van der Waals surface area contributed by atoms with Crippen LogP contribution in [0.5, 0.6) is 0 Å². The zero-order chi connectivity index (χ0) is 13.4. The highest BCUT2D eigenvalue weighted by Gasteiger charge is 2.48. The van der Waals surface area contributed by atoms with Crippen LogP contribution in [0.2, 0.25) is 0 Å². The first-order valence-corrected chi connectivity index (χ1v) is 7.64. The van der Waals surface area contributed by atoms with Gasteiger partial charge in [-0.15, -0.1) is 6.42 Å². The van der Waals surface area contributed by atoms with Crippen LogP contribution in [0.15, 0.2) is 0 Å². The third-order valence-corrected chi connectivity index (χ3v) is 5.44. The number of carbonyl (C=O) groups excluding carboxylic acids is 1.